The summed E-state index contributed by atoms with van der Waals surface area (Å²) < 4.78 is 5.18. The van der Waals surface area contributed by atoms with Crippen LogP contribution in [0.5, 0.6) is 5.75 Å². The summed E-state index contributed by atoms with van der Waals surface area (Å²) in [6.07, 6.45) is 3.89. The minimum Gasteiger partial charge on any atom is -0.497 e. The maximum absolute atomic E-state index is 12.8. The van der Waals surface area contributed by atoms with Gasteiger partial charge in [0.15, 0.2) is 0 Å². The Kier molecular flexibility index (Phi) is 6.18. The summed E-state index contributed by atoms with van der Waals surface area (Å²) in [5, 5.41) is 0. The third-order valence-electron chi connectivity index (χ3n) is 6.23. The van der Waals surface area contributed by atoms with Crippen LogP contribution in [0.2, 0.25) is 0 Å². The minimum atomic E-state index is -0.0236. The predicted octanol–water partition coefficient (Wildman–Crippen LogP) is 2.11. The Morgan fingerprint density at radius 3 is 2.83 bits per heavy atom. The van der Waals surface area contributed by atoms with Gasteiger partial charge in [-0.15, -0.1) is 0 Å². The fourth-order valence-electron chi connectivity index (χ4n) is 4.40. The molecule has 0 aliphatic carbocycles. The third kappa shape index (κ3) is 4.56. The van der Waals surface area contributed by atoms with E-state index >= 15 is 0 Å². The van der Waals surface area contributed by atoms with E-state index in [1.54, 1.807) is 7.11 Å². The van der Waals surface area contributed by atoms with Crippen molar-refractivity contribution in [3.05, 3.63) is 57.3 Å². The molecule has 0 radical (unpaired) electrons. The number of nitrogens with one attached hydrogen (secondary N) is 1. The molecule has 0 spiro atoms. The monoisotopic (exact) mass is 410 g/mol. The van der Waals surface area contributed by atoms with Gasteiger partial charge in [-0.1, -0.05) is 12.1 Å². The smallest absolute Gasteiger partial charge is 0.255 e. The molecule has 7 heteroatoms. The molecule has 0 saturated carbocycles. The van der Waals surface area contributed by atoms with Crippen molar-refractivity contribution < 1.29 is 9.53 Å². The highest BCUT2D eigenvalue weighted by Crippen LogP contribution is 2.26. The lowest BCUT2D eigenvalue weighted by Crippen LogP contribution is -2.41. The summed E-state index contributed by atoms with van der Waals surface area (Å²) in [5.41, 5.74) is 2.82. The first-order valence-corrected chi connectivity index (χ1v) is 10.7. The average Bonchev–Trinajstić information content (AvgIpc) is 2.78. The molecule has 1 aromatic carbocycles. The number of aromatic amines is 1. The first-order chi connectivity index (χ1) is 14.5. The molecule has 1 atom stereocenters. The number of hydrogen-bond donors (Lipinski definition) is 1. The second kappa shape index (κ2) is 9.00. The minimum absolute atomic E-state index is 0.0236. The van der Waals surface area contributed by atoms with Crippen molar-refractivity contribution in [2.75, 3.05) is 33.8 Å². The number of carbonyl (C=O) groups excluding carboxylic acids is 1. The number of carbonyl (C=O) groups is 1. The quantitative estimate of drug-likeness (QED) is 0.817. The van der Waals surface area contributed by atoms with Crippen molar-refractivity contribution in [2.24, 2.45) is 0 Å². The molecule has 0 unspecified atom stereocenters. The molecular formula is C23H30N4O3. The van der Waals surface area contributed by atoms with E-state index in [0.717, 1.165) is 60.7 Å². The van der Waals surface area contributed by atoms with Gasteiger partial charge in [-0.2, -0.15) is 0 Å². The fraction of sp³-hybridized carbons (Fsp3) is 0.522. The maximum Gasteiger partial charge on any atom is 0.255 e. The van der Waals surface area contributed by atoms with E-state index in [2.05, 4.69) is 9.88 Å². The van der Waals surface area contributed by atoms with Gasteiger partial charge in [-0.05, 0) is 44.0 Å². The van der Waals surface area contributed by atoms with Gasteiger partial charge >= 0.3 is 0 Å². The standard InChI is InChI=1S/C23H30N4O3/c1-26-13-11-20-19(15-26)23(29)25-22(24-20)17-4-3-12-27(14-17)21(28)10-7-16-5-8-18(30-2)9-6-16/h5-6,8-9,17H,3-4,7,10-15H2,1-2H3,(H,24,25,29)/t17-/m0/s1. The average molecular weight is 411 g/mol. The molecule has 1 fully saturated rings. The summed E-state index contributed by atoms with van der Waals surface area (Å²) in [4.78, 5) is 37.3. The molecular weight excluding hydrogens is 380 g/mol. The van der Waals surface area contributed by atoms with Gasteiger partial charge in [0.25, 0.3) is 5.56 Å². The molecule has 1 N–H and O–H groups in total. The Morgan fingerprint density at radius 1 is 1.27 bits per heavy atom. The first-order valence-electron chi connectivity index (χ1n) is 10.7. The van der Waals surface area contributed by atoms with Crippen LogP contribution in [-0.4, -0.2) is 59.5 Å². The van der Waals surface area contributed by atoms with Crippen LogP contribution in [-0.2, 0) is 24.2 Å². The van der Waals surface area contributed by atoms with Gasteiger partial charge < -0.3 is 19.5 Å². The number of rotatable bonds is 5. The van der Waals surface area contributed by atoms with Crippen molar-refractivity contribution in [3.63, 3.8) is 0 Å². The van der Waals surface area contributed by atoms with Crippen molar-refractivity contribution in [1.82, 2.24) is 19.8 Å². The number of piperidine rings is 1. The Labute approximate surface area is 177 Å². The number of aromatic nitrogens is 2. The molecule has 2 aliphatic rings. The molecule has 4 rings (SSSR count). The molecule has 1 aromatic heterocycles. The van der Waals surface area contributed by atoms with E-state index in [1.165, 1.54) is 0 Å². The van der Waals surface area contributed by atoms with Gasteiger partial charge in [0.2, 0.25) is 5.91 Å². The Morgan fingerprint density at radius 2 is 2.07 bits per heavy atom. The van der Waals surface area contributed by atoms with Gasteiger partial charge in [0, 0.05) is 44.9 Å². The highest BCUT2D eigenvalue weighted by atomic mass is 16.5. The lowest BCUT2D eigenvalue weighted by Gasteiger charge is -2.33. The topological polar surface area (TPSA) is 78.5 Å². The van der Waals surface area contributed by atoms with Crippen molar-refractivity contribution >= 4 is 5.91 Å². The van der Waals surface area contributed by atoms with Crippen LogP contribution in [0.4, 0.5) is 0 Å². The van der Waals surface area contributed by atoms with Gasteiger partial charge in [0.05, 0.1) is 18.4 Å². The first kappa shape index (κ1) is 20.6. The number of fused-ring (bicyclic) bond motifs is 1. The number of hydrogen-bond acceptors (Lipinski definition) is 5. The number of amides is 1. The molecule has 3 heterocycles. The summed E-state index contributed by atoms with van der Waals surface area (Å²) in [6.45, 7) is 2.98. The number of likely N-dealkylation sites (tertiary alicyclic amines) is 1. The number of likely N-dealkylation sites (N-methyl/N-ethyl adjacent to an activating group) is 1. The zero-order valence-corrected chi connectivity index (χ0v) is 17.8. The SMILES string of the molecule is COc1ccc(CCC(=O)N2CCC[C@H](c3nc4c(c(=O)[nH]3)CN(C)CC4)C2)cc1. The van der Waals surface area contributed by atoms with E-state index in [1.807, 2.05) is 36.2 Å². The van der Waals surface area contributed by atoms with Gasteiger partial charge in [-0.3, -0.25) is 9.59 Å². The number of aryl methyl sites for hydroxylation is 1. The van der Waals surface area contributed by atoms with E-state index in [4.69, 9.17) is 9.72 Å². The largest absolute Gasteiger partial charge is 0.497 e. The summed E-state index contributed by atoms with van der Waals surface area (Å²) in [6, 6.07) is 7.86. The van der Waals surface area contributed by atoms with E-state index in [0.29, 0.717) is 25.9 Å². The normalized spacial score (nSPS) is 19.4. The summed E-state index contributed by atoms with van der Waals surface area (Å²) in [7, 11) is 3.67. The van der Waals surface area contributed by atoms with Crippen LogP contribution in [0.1, 0.15) is 47.8 Å². The Hall–Kier alpha value is -2.67. The number of ether oxygens (including phenoxy) is 1. The number of H-pyrrole nitrogens is 1. The second-order valence-corrected chi connectivity index (χ2v) is 8.39. The van der Waals surface area contributed by atoms with E-state index in [9.17, 15) is 9.59 Å². The van der Waals surface area contributed by atoms with Crippen LogP contribution in [0, 0.1) is 0 Å². The lowest BCUT2D eigenvalue weighted by molar-refractivity contribution is -0.132. The van der Waals surface area contributed by atoms with Crippen molar-refractivity contribution in [2.45, 2.75) is 44.6 Å². The van der Waals surface area contributed by atoms with Crippen LogP contribution in [0.3, 0.4) is 0 Å². The summed E-state index contributed by atoms with van der Waals surface area (Å²) in [5.74, 6) is 1.83. The molecule has 1 amide bonds. The highest BCUT2D eigenvalue weighted by Gasteiger charge is 2.28. The molecule has 2 aliphatic heterocycles. The molecule has 0 bridgehead atoms. The highest BCUT2D eigenvalue weighted by molar-refractivity contribution is 5.76. The molecule has 7 nitrogen and oxygen atoms in total. The lowest BCUT2D eigenvalue weighted by atomic mass is 9.96. The van der Waals surface area contributed by atoms with E-state index < -0.39 is 0 Å². The van der Waals surface area contributed by atoms with E-state index in [-0.39, 0.29) is 17.4 Å². The molecule has 160 valence electrons. The number of nitrogens with zero attached hydrogens (tertiary/aromatic N) is 3. The molecule has 30 heavy (non-hydrogen) atoms. The second-order valence-electron chi connectivity index (χ2n) is 8.39. The van der Waals surface area contributed by atoms with Gasteiger partial charge in [-0.25, -0.2) is 4.98 Å². The number of benzene rings is 1. The zero-order valence-electron chi connectivity index (χ0n) is 17.8. The molecule has 2 aromatic rings. The maximum atomic E-state index is 12.8. The number of methoxy groups -OCH3 is 1. The van der Waals surface area contributed by atoms with Crippen molar-refractivity contribution in [1.29, 1.82) is 0 Å². The van der Waals surface area contributed by atoms with Crippen LogP contribution < -0.4 is 10.3 Å². The van der Waals surface area contributed by atoms with Crippen molar-refractivity contribution in [3.8, 4) is 5.75 Å². The van der Waals surface area contributed by atoms with Crippen LogP contribution >= 0.6 is 0 Å². The third-order valence-corrected chi connectivity index (χ3v) is 6.23. The predicted molar refractivity (Wildman–Crippen MR) is 115 cm³/mol. The molecule has 1 saturated heterocycles. The Bertz CT molecular complexity index is 954. The summed E-state index contributed by atoms with van der Waals surface area (Å²) >= 11 is 0. The Balaban J connectivity index is 1.40. The fourth-order valence-corrected chi connectivity index (χ4v) is 4.40. The van der Waals surface area contributed by atoms with Gasteiger partial charge in [0.1, 0.15) is 11.6 Å². The zero-order chi connectivity index (χ0) is 21.1. The van der Waals surface area contributed by atoms with Crippen LogP contribution in [0.15, 0.2) is 29.1 Å². The van der Waals surface area contributed by atoms with Crippen LogP contribution in [0.25, 0.3) is 0 Å².